The van der Waals surface area contributed by atoms with Gasteiger partial charge in [-0.1, -0.05) is 12.1 Å². The zero-order chi connectivity index (χ0) is 11.1. The molecule has 16 heavy (non-hydrogen) atoms. The molecule has 0 saturated heterocycles. The summed E-state index contributed by atoms with van der Waals surface area (Å²) in [6.45, 7) is 2.28. The maximum absolute atomic E-state index is 12.2. The Morgan fingerprint density at radius 2 is 2.12 bits per heavy atom. The van der Waals surface area contributed by atoms with Crippen molar-refractivity contribution in [2.24, 2.45) is 0 Å². The molecule has 1 aromatic carbocycles. The van der Waals surface area contributed by atoms with Crippen LogP contribution in [0.2, 0.25) is 0 Å². The van der Waals surface area contributed by atoms with E-state index < -0.39 is 0 Å². The Morgan fingerprint density at radius 1 is 1.25 bits per heavy atom. The number of furan rings is 1. The minimum atomic E-state index is -0.0920. The van der Waals surface area contributed by atoms with Crippen molar-refractivity contribution in [2.75, 3.05) is 0 Å². The van der Waals surface area contributed by atoms with E-state index in [1.807, 2.05) is 25.1 Å². The Bertz CT molecular complexity index is 566. The molecule has 0 atom stereocenters. The van der Waals surface area contributed by atoms with Gasteiger partial charge in [0.25, 0.3) is 0 Å². The van der Waals surface area contributed by atoms with E-state index in [4.69, 9.17) is 9.15 Å². The molecule has 0 radical (unpaired) electrons. The third-order valence-corrected chi connectivity index (χ3v) is 2.80. The zero-order valence-corrected chi connectivity index (χ0v) is 8.82. The molecule has 80 valence electrons. The van der Waals surface area contributed by atoms with Gasteiger partial charge in [-0.05, 0) is 24.6 Å². The van der Waals surface area contributed by atoms with Crippen LogP contribution in [-0.2, 0) is 6.61 Å². The molecule has 3 nitrogen and oxygen atoms in total. The predicted molar refractivity (Wildman–Crippen MR) is 57.7 cm³/mol. The summed E-state index contributed by atoms with van der Waals surface area (Å²) in [7, 11) is 0. The van der Waals surface area contributed by atoms with E-state index in [1.54, 1.807) is 6.07 Å². The van der Waals surface area contributed by atoms with Crippen molar-refractivity contribution in [3.8, 4) is 5.75 Å². The standard InChI is InChI=1S/C13H10O3/c1-8-3-2-4-10-11(8)12(14)13-9(7-16-10)5-6-15-13/h2-6H,7H2,1H3. The van der Waals surface area contributed by atoms with Crippen molar-refractivity contribution in [1.82, 2.24) is 0 Å². The van der Waals surface area contributed by atoms with Crippen LogP contribution in [0.15, 0.2) is 34.9 Å². The quantitative estimate of drug-likeness (QED) is 0.676. The molecule has 0 aliphatic carbocycles. The van der Waals surface area contributed by atoms with E-state index in [0.29, 0.717) is 23.7 Å². The third kappa shape index (κ3) is 1.18. The first kappa shape index (κ1) is 9.21. The van der Waals surface area contributed by atoms with Gasteiger partial charge in [0, 0.05) is 5.56 Å². The second-order valence-electron chi connectivity index (χ2n) is 3.84. The Balaban J connectivity index is 2.26. The summed E-state index contributed by atoms with van der Waals surface area (Å²) in [6, 6.07) is 7.36. The molecular formula is C13H10O3. The van der Waals surface area contributed by atoms with Gasteiger partial charge in [0.05, 0.1) is 11.8 Å². The van der Waals surface area contributed by atoms with Crippen molar-refractivity contribution in [1.29, 1.82) is 0 Å². The fraction of sp³-hybridized carbons (Fsp3) is 0.154. The summed E-state index contributed by atoms with van der Waals surface area (Å²) in [5.74, 6) is 0.940. The van der Waals surface area contributed by atoms with Crippen LogP contribution < -0.4 is 4.74 Å². The van der Waals surface area contributed by atoms with Crippen LogP contribution in [-0.4, -0.2) is 5.78 Å². The minimum Gasteiger partial charge on any atom is -0.488 e. The monoisotopic (exact) mass is 214 g/mol. The summed E-state index contributed by atoms with van der Waals surface area (Å²) in [5.41, 5.74) is 2.32. The van der Waals surface area contributed by atoms with Crippen molar-refractivity contribution in [2.45, 2.75) is 13.5 Å². The number of ether oxygens (including phenoxy) is 1. The van der Waals surface area contributed by atoms with Crippen LogP contribution in [0.5, 0.6) is 5.75 Å². The smallest absolute Gasteiger partial charge is 0.232 e. The lowest BCUT2D eigenvalue weighted by atomic mass is 10.0. The average molecular weight is 214 g/mol. The number of rotatable bonds is 0. The Labute approximate surface area is 92.6 Å². The number of hydrogen-bond acceptors (Lipinski definition) is 3. The van der Waals surface area contributed by atoms with Gasteiger partial charge in [-0.2, -0.15) is 0 Å². The normalized spacial score (nSPS) is 13.7. The summed E-state index contributed by atoms with van der Waals surface area (Å²) in [5, 5.41) is 0. The Morgan fingerprint density at radius 3 is 3.00 bits per heavy atom. The number of benzene rings is 1. The Hall–Kier alpha value is -2.03. The van der Waals surface area contributed by atoms with Crippen molar-refractivity contribution in [3.05, 3.63) is 53.0 Å². The first-order chi connectivity index (χ1) is 7.77. The molecule has 2 heterocycles. The average Bonchev–Trinajstić information content (AvgIpc) is 2.69. The van der Waals surface area contributed by atoms with E-state index in [1.165, 1.54) is 6.26 Å². The van der Waals surface area contributed by atoms with Crippen LogP contribution in [0.3, 0.4) is 0 Å². The first-order valence-corrected chi connectivity index (χ1v) is 5.11. The van der Waals surface area contributed by atoms with Gasteiger partial charge < -0.3 is 9.15 Å². The van der Waals surface area contributed by atoms with Gasteiger partial charge in [0.15, 0.2) is 5.76 Å². The van der Waals surface area contributed by atoms with Gasteiger partial charge in [0.2, 0.25) is 5.78 Å². The van der Waals surface area contributed by atoms with Crippen molar-refractivity contribution in [3.63, 3.8) is 0 Å². The Kier molecular flexibility index (Phi) is 1.86. The summed E-state index contributed by atoms with van der Waals surface area (Å²) in [4.78, 5) is 12.2. The molecule has 0 bridgehead atoms. The molecule has 0 N–H and O–H groups in total. The molecule has 3 heteroatoms. The molecule has 1 aromatic heterocycles. The molecular weight excluding hydrogens is 204 g/mol. The summed E-state index contributed by atoms with van der Waals surface area (Å²) in [6.07, 6.45) is 1.52. The third-order valence-electron chi connectivity index (χ3n) is 2.80. The highest BCUT2D eigenvalue weighted by atomic mass is 16.5. The van der Waals surface area contributed by atoms with Crippen molar-refractivity contribution < 1.29 is 13.9 Å². The van der Waals surface area contributed by atoms with Crippen molar-refractivity contribution >= 4 is 5.78 Å². The molecule has 0 spiro atoms. The topological polar surface area (TPSA) is 39.4 Å². The van der Waals surface area contributed by atoms with E-state index >= 15 is 0 Å². The van der Waals surface area contributed by atoms with E-state index in [0.717, 1.165) is 11.1 Å². The number of carbonyl (C=O) groups is 1. The minimum absolute atomic E-state index is 0.0920. The number of carbonyl (C=O) groups excluding carboxylic acids is 1. The van der Waals surface area contributed by atoms with E-state index in [2.05, 4.69) is 0 Å². The summed E-state index contributed by atoms with van der Waals surface area (Å²) < 4.78 is 10.8. The molecule has 1 aliphatic heterocycles. The molecule has 2 aromatic rings. The zero-order valence-electron chi connectivity index (χ0n) is 8.82. The van der Waals surface area contributed by atoms with Gasteiger partial charge in [0.1, 0.15) is 12.4 Å². The molecule has 0 unspecified atom stereocenters. The molecule has 0 fully saturated rings. The highest BCUT2D eigenvalue weighted by molar-refractivity contribution is 6.11. The maximum atomic E-state index is 12.2. The van der Waals surface area contributed by atoms with Gasteiger partial charge in [-0.15, -0.1) is 0 Å². The van der Waals surface area contributed by atoms with E-state index in [9.17, 15) is 4.79 Å². The first-order valence-electron chi connectivity index (χ1n) is 5.11. The van der Waals surface area contributed by atoms with Crippen LogP contribution >= 0.6 is 0 Å². The van der Waals surface area contributed by atoms with E-state index in [-0.39, 0.29) is 5.78 Å². The molecule has 3 rings (SSSR count). The number of hydrogen-bond donors (Lipinski definition) is 0. The van der Waals surface area contributed by atoms with Crippen LogP contribution in [0.25, 0.3) is 0 Å². The van der Waals surface area contributed by atoms with Crippen LogP contribution in [0, 0.1) is 6.92 Å². The maximum Gasteiger partial charge on any atom is 0.232 e. The second-order valence-corrected chi connectivity index (χ2v) is 3.84. The molecule has 1 aliphatic rings. The second kappa shape index (κ2) is 3.23. The number of aryl methyl sites for hydroxylation is 1. The number of ketones is 1. The largest absolute Gasteiger partial charge is 0.488 e. The van der Waals surface area contributed by atoms with Gasteiger partial charge in [-0.3, -0.25) is 4.79 Å². The number of fused-ring (bicyclic) bond motifs is 2. The lowest BCUT2D eigenvalue weighted by Crippen LogP contribution is -2.02. The van der Waals surface area contributed by atoms with Gasteiger partial charge in [-0.25, -0.2) is 0 Å². The fourth-order valence-electron chi connectivity index (χ4n) is 1.97. The van der Waals surface area contributed by atoms with Crippen LogP contribution in [0.4, 0.5) is 0 Å². The highest BCUT2D eigenvalue weighted by Crippen LogP contribution is 2.30. The van der Waals surface area contributed by atoms with Crippen LogP contribution in [0.1, 0.15) is 27.2 Å². The predicted octanol–water partition coefficient (Wildman–Crippen LogP) is 2.71. The molecule has 0 amide bonds. The lowest BCUT2D eigenvalue weighted by Gasteiger charge is -2.07. The fourth-order valence-corrected chi connectivity index (χ4v) is 1.97. The molecule has 0 saturated carbocycles. The SMILES string of the molecule is Cc1cccc2c1C(=O)c1occc1CO2. The highest BCUT2D eigenvalue weighted by Gasteiger charge is 2.26. The van der Waals surface area contributed by atoms with Gasteiger partial charge >= 0.3 is 0 Å². The lowest BCUT2D eigenvalue weighted by molar-refractivity contribution is 0.101. The summed E-state index contributed by atoms with van der Waals surface area (Å²) >= 11 is 0.